The van der Waals surface area contributed by atoms with Gasteiger partial charge in [-0.2, -0.15) is 0 Å². The van der Waals surface area contributed by atoms with Gasteiger partial charge in [-0.3, -0.25) is 0 Å². The fourth-order valence-corrected chi connectivity index (χ4v) is 1.86. The van der Waals surface area contributed by atoms with Crippen LogP contribution in [0.25, 0.3) is 0 Å². The van der Waals surface area contributed by atoms with Crippen LogP contribution < -0.4 is 5.73 Å². The molecular weight excluding hydrogens is 201 g/mol. The zero-order chi connectivity index (χ0) is 12.2. The van der Waals surface area contributed by atoms with E-state index in [0.717, 1.165) is 31.4 Å². The Morgan fingerprint density at radius 3 is 2.50 bits per heavy atom. The van der Waals surface area contributed by atoms with Crippen molar-refractivity contribution in [1.82, 2.24) is 0 Å². The highest BCUT2D eigenvalue weighted by molar-refractivity contribution is 5.24. The Morgan fingerprint density at radius 2 is 1.94 bits per heavy atom. The summed E-state index contributed by atoms with van der Waals surface area (Å²) in [4.78, 5) is 0. The third-order valence-corrected chi connectivity index (χ3v) is 3.13. The van der Waals surface area contributed by atoms with Gasteiger partial charge in [-0.25, -0.2) is 4.39 Å². The van der Waals surface area contributed by atoms with Crippen molar-refractivity contribution < 1.29 is 4.39 Å². The molecular formula is C14H22FN. The van der Waals surface area contributed by atoms with E-state index in [1.807, 2.05) is 19.1 Å². The average Bonchev–Trinajstić information content (AvgIpc) is 2.20. The second kappa shape index (κ2) is 5.44. The summed E-state index contributed by atoms with van der Waals surface area (Å²) < 4.78 is 13.1. The van der Waals surface area contributed by atoms with Gasteiger partial charge in [0, 0.05) is 0 Å². The molecule has 0 radical (unpaired) electrons. The zero-order valence-electron chi connectivity index (χ0n) is 10.5. The first-order valence-corrected chi connectivity index (χ1v) is 5.90. The molecule has 1 rings (SSSR count). The Balaban J connectivity index is 2.57. The molecule has 1 aromatic rings. The quantitative estimate of drug-likeness (QED) is 0.813. The van der Waals surface area contributed by atoms with Crippen molar-refractivity contribution in [2.75, 3.05) is 6.54 Å². The summed E-state index contributed by atoms with van der Waals surface area (Å²) in [5.74, 6) is -0.120. The van der Waals surface area contributed by atoms with Crippen molar-refractivity contribution in [3.8, 4) is 0 Å². The molecule has 0 aliphatic heterocycles. The maximum Gasteiger partial charge on any atom is 0.126 e. The first kappa shape index (κ1) is 13.2. The van der Waals surface area contributed by atoms with Gasteiger partial charge in [-0.05, 0) is 55.3 Å². The van der Waals surface area contributed by atoms with Crippen LogP contribution in [0.1, 0.15) is 37.8 Å². The van der Waals surface area contributed by atoms with E-state index in [1.54, 1.807) is 6.07 Å². The lowest BCUT2D eigenvalue weighted by atomic mass is 9.83. The van der Waals surface area contributed by atoms with Crippen LogP contribution in [0.2, 0.25) is 0 Å². The second-order valence-electron chi connectivity index (χ2n) is 5.29. The van der Waals surface area contributed by atoms with Gasteiger partial charge in [0.05, 0.1) is 0 Å². The summed E-state index contributed by atoms with van der Waals surface area (Å²) in [5, 5.41) is 0. The maximum atomic E-state index is 13.1. The highest BCUT2D eigenvalue weighted by atomic mass is 19.1. The summed E-state index contributed by atoms with van der Waals surface area (Å²) in [6, 6.07) is 5.37. The number of hydrogen-bond acceptors (Lipinski definition) is 1. The first-order valence-electron chi connectivity index (χ1n) is 5.90. The molecule has 0 saturated heterocycles. The Morgan fingerprint density at radius 1 is 1.25 bits per heavy atom. The lowest BCUT2D eigenvalue weighted by molar-refractivity contribution is 0.313. The van der Waals surface area contributed by atoms with Gasteiger partial charge in [0.15, 0.2) is 0 Å². The molecule has 2 heteroatoms. The zero-order valence-corrected chi connectivity index (χ0v) is 10.5. The van der Waals surface area contributed by atoms with Crippen LogP contribution >= 0.6 is 0 Å². The van der Waals surface area contributed by atoms with Crippen LogP contribution in [-0.2, 0) is 6.42 Å². The summed E-state index contributed by atoms with van der Waals surface area (Å²) in [6.07, 6.45) is 3.12. The Labute approximate surface area is 97.9 Å². The maximum absolute atomic E-state index is 13.1. The molecule has 0 fully saturated rings. The van der Waals surface area contributed by atoms with Crippen molar-refractivity contribution in [3.63, 3.8) is 0 Å². The van der Waals surface area contributed by atoms with E-state index in [-0.39, 0.29) is 11.2 Å². The second-order valence-corrected chi connectivity index (χ2v) is 5.29. The monoisotopic (exact) mass is 223 g/mol. The molecule has 0 spiro atoms. The Hall–Kier alpha value is -0.890. The highest BCUT2D eigenvalue weighted by Crippen LogP contribution is 2.26. The van der Waals surface area contributed by atoms with Crippen molar-refractivity contribution in [3.05, 3.63) is 35.1 Å². The highest BCUT2D eigenvalue weighted by Gasteiger charge is 2.16. The van der Waals surface area contributed by atoms with Crippen LogP contribution in [0.4, 0.5) is 4.39 Å². The van der Waals surface area contributed by atoms with E-state index in [9.17, 15) is 4.39 Å². The van der Waals surface area contributed by atoms with Crippen molar-refractivity contribution in [2.24, 2.45) is 11.1 Å². The fraction of sp³-hybridized carbons (Fsp3) is 0.571. The predicted molar refractivity (Wildman–Crippen MR) is 66.9 cm³/mol. The molecule has 0 heterocycles. The smallest absolute Gasteiger partial charge is 0.126 e. The van der Waals surface area contributed by atoms with E-state index >= 15 is 0 Å². The largest absolute Gasteiger partial charge is 0.330 e. The number of rotatable bonds is 5. The molecule has 1 nitrogen and oxygen atoms in total. The molecule has 0 aromatic heterocycles. The summed E-state index contributed by atoms with van der Waals surface area (Å²) >= 11 is 0. The van der Waals surface area contributed by atoms with Gasteiger partial charge in [0.25, 0.3) is 0 Å². The molecule has 0 aliphatic carbocycles. The summed E-state index contributed by atoms with van der Waals surface area (Å²) in [7, 11) is 0. The van der Waals surface area contributed by atoms with E-state index < -0.39 is 0 Å². The van der Waals surface area contributed by atoms with Crippen LogP contribution in [0.3, 0.4) is 0 Å². The molecule has 1 aromatic carbocycles. The first-order chi connectivity index (χ1) is 7.44. The van der Waals surface area contributed by atoms with Gasteiger partial charge >= 0.3 is 0 Å². The van der Waals surface area contributed by atoms with Gasteiger partial charge < -0.3 is 5.73 Å². The minimum absolute atomic E-state index is 0.120. The van der Waals surface area contributed by atoms with E-state index in [4.69, 9.17) is 5.73 Å². The molecule has 90 valence electrons. The number of hydrogen-bond donors (Lipinski definition) is 1. The van der Waals surface area contributed by atoms with E-state index in [0.29, 0.717) is 0 Å². The molecule has 2 N–H and O–H groups in total. The minimum Gasteiger partial charge on any atom is -0.330 e. The molecule has 16 heavy (non-hydrogen) atoms. The van der Waals surface area contributed by atoms with Crippen LogP contribution in [0, 0.1) is 18.2 Å². The number of nitrogens with two attached hydrogens (primary N) is 1. The predicted octanol–water partition coefficient (Wildman–Crippen LogP) is 3.44. The lowest BCUT2D eigenvalue weighted by Crippen LogP contribution is -2.17. The minimum atomic E-state index is -0.120. The summed E-state index contributed by atoms with van der Waals surface area (Å²) in [5.41, 5.74) is 7.80. The molecule has 0 aliphatic rings. The van der Waals surface area contributed by atoms with Gasteiger partial charge in [-0.1, -0.05) is 26.0 Å². The standard InChI is InChI=1S/C14H22FN/c1-11-10-12(4-5-13(11)15)6-7-14(2,3)8-9-16/h4-5,10H,6-9,16H2,1-3H3. The summed E-state index contributed by atoms with van der Waals surface area (Å²) in [6.45, 7) is 7.01. The van der Waals surface area contributed by atoms with Crippen LogP contribution in [0.15, 0.2) is 18.2 Å². The van der Waals surface area contributed by atoms with Gasteiger partial charge in [0.1, 0.15) is 5.82 Å². The number of aryl methyl sites for hydroxylation is 2. The van der Waals surface area contributed by atoms with Crippen molar-refractivity contribution >= 4 is 0 Å². The van der Waals surface area contributed by atoms with E-state index in [2.05, 4.69) is 13.8 Å². The third-order valence-electron chi connectivity index (χ3n) is 3.13. The Kier molecular flexibility index (Phi) is 4.48. The number of halogens is 1. The molecule has 0 unspecified atom stereocenters. The van der Waals surface area contributed by atoms with E-state index in [1.165, 1.54) is 5.56 Å². The molecule has 0 atom stereocenters. The van der Waals surface area contributed by atoms with Gasteiger partial charge in [-0.15, -0.1) is 0 Å². The normalized spacial score (nSPS) is 11.8. The number of benzene rings is 1. The van der Waals surface area contributed by atoms with Crippen LogP contribution in [-0.4, -0.2) is 6.54 Å². The van der Waals surface area contributed by atoms with Crippen LogP contribution in [0.5, 0.6) is 0 Å². The lowest BCUT2D eigenvalue weighted by Gasteiger charge is -2.23. The van der Waals surface area contributed by atoms with Crippen molar-refractivity contribution in [2.45, 2.75) is 40.0 Å². The Bertz CT molecular complexity index is 345. The topological polar surface area (TPSA) is 26.0 Å². The fourth-order valence-electron chi connectivity index (χ4n) is 1.86. The molecule has 0 bridgehead atoms. The SMILES string of the molecule is Cc1cc(CCC(C)(C)CCN)ccc1F. The third kappa shape index (κ3) is 3.93. The molecule has 0 saturated carbocycles. The van der Waals surface area contributed by atoms with Crippen molar-refractivity contribution in [1.29, 1.82) is 0 Å². The average molecular weight is 223 g/mol. The van der Waals surface area contributed by atoms with Gasteiger partial charge in [0.2, 0.25) is 0 Å². The molecule has 0 amide bonds.